The third-order valence-corrected chi connectivity index (χ3v) is 3.96. The molecule has 3 N–H and O–H groups in total. The van der Waals surface area contributed by atoms with Crippen LogP contribution in [-0.2, 0) is 16.6 Å². The number of benzene rings is 1. The number of hydrogen-bond donors (Lipinski definition) is 2. The molecule has 0 radical (unpaired) electrons. The highest BCUT2D eigenvalue weighted by Crippen LogP contribution is 2.22. The second-order valence-corrected chi connectivity index (χ2v) is 5.67. The summed E-state index contributed by atoms with van der Waals surface area (Å²) in [5.41, 5.74) is 6.25. The van der Waals surface area contributed by atoms with Crippen molar-refractivity contribution in [1.29, 1.82) is 0 Å². The maximum atomic E-state index is 11.9. The molecule has 0 aliphatic heterocycles. The number of halogens is 1. The first-order chi connectivity index (χ1) is 8.49. The first kappa shape index (κ1) is 12.9. The van der Waals surface area contributed by atoms with Crippen molar-refractivity contribution in [1.82, 2.24) is 9.88 Å². The summed E-state index contributed by atoms with van der Waals surface area (Å²) in [6, 6.07) is 5.68. The number of anilines is 1. The quantitative estimate of drug-likeness (QED) is 0.828. The highest BCUT2D eigenvalue weighted by atomic mass is 35.5. The Morgan fingerprint density at radius 3 is 2.78 bits per heavy atom. The molecule has 0 aliphatic rings. The molecule has 0 saturated heterocycles. The molecule has 18 heavy (non-hydrogen) atoms. The van der Waals surface area contributed by atoms with E-state index in [1.54, 1.807) is 6.07 Å². The fourth-order valence-electron chi connectivity index (χ4n) is 1.27. The molecule has 2 rings (SSSR count). The summed E-state index contributed by atoms with van der Waals surface area (Å²) in [6.07, 6.45) is 1.36. The summed E-state index contributed by atoms with van der Waals surface area (Å²) in [5, 5.41) is 3.91. The van der Waals surface area contributed by atoms with Crippen LogP contribution in [0, 0.1) is 0 Å². The number of nitrogens with two attached hydrogens (primary N) is 1. The van der Waals surface area contributed by atoms with Gasteiger partial charge in [0.1, 0.15) is 6.26 Å². The van der Waals surface area contributed by atoms with Gasteiger partial charge in [-0.05, 0) is 18.2 Å². The summed E-state index contributed by atoms with van der Waals surface area (Å²) in [7, 11) is -3.65. The van der Waals surface area contributed by atoms with E-state index in [1.165, 1.54) is 24.5 Å². The van der Waals surface area contributed by atoms with Gasteiger partial charge in [-0.3, -0.25) is 0 Å². The van der Waals surface area contributed by atoms with Crippen molar-refractivity contribution in [2.75, 3.05) is 5.73 Å². The van der Waals surface area contributed by atoms with E-state index in [0.717, 1.165) is 0 Å². The Morgan fingerprint density at radius 2 is 2.17 bits per heavy atom. The van der Waals surface area contributed by atoms with Crippen LogP contribution in [-0.4, -0.2) is 13.6 Å². The number of rotatable bonds is 4. The minimum absolute atomic E-state index is 0.0430. The zero-order valence-corrected chi connectivity index (χ0v) is 10.7. The third-order valence-electron chi connectivity index (χ3n) is 2.21. The van der Waals surface area contributed by atoms with Gasteiger partial charge in [0.15, 0.2) is 0 Å². The highest BCUT2D eigenvalue weighted by molar-refractivity contribution is 7.89. The summed E-state index contributed by atoms with van der Waals surface area (Å²) < 4.78 is 30.8. The van der Waals surface area contributed by atoms with E-state index in [-0.39, 0.29) is 17.1 Å². The lowest BCUT2D eigenvalue weighted by Gasteiger charge is -2.06. The molecule has 2 aromatic rings. The Hall–Kier alpha value is -1.57. The topological polar surface area (TPSA) is 98.2 Å². The molecule has 1 aromatic heterocycles. The van der Waals surface area contributed by atoms with Gasteiger partial charge in [0.2, 0.25) is 10.0 Å². The van der Waals surface area contributed by atoms with Crippen LogP contribution in [0.1, 0.15) is 5.69 Å². The van der Waals surface area contributed by atoms with Crippen LogP contribution in [0.5, 0.6) is 0 Å². The van der Waals surface area contributed by atoms with E-state index >= 15 is 0 Å². The predicted octanol–water partition coefficient (Wildman–Crippen LogP) is 1.39. The first-order valence-corrected chi connectivity index (χ1v) is 6.79. The number of nitrogen functional groups attached to an aromatic ring is 1. The molecule has 96 valence electrons. The first-order valence-electron chi connectivity index (χ1n) is 4.93. The molecular formula is C10H10ClN3O3S. The molecule has 0 aliphatic carbocycles. The van der Waals surface area contributed by atoms with Gasteiger partial charge in [0.05, 0.1) is 27.8 Å². The fourth-order valence-corrected chi connectivity index (χ4v) is 2.42. The monoisotopic (exact) mass is 287 g/mol. The van der Waals surface area contributed by atoms with Crippen LogP contribution in [0.15, 0.2) is 39.9 Å². The number of hydrogen-bond acceptors (Lipinski definition) is 5. The molecule has 8 heteroatoms. The van der Waals surface area contributed by atoms with E-state index in [1.807, 2.05) is 0 Å². The molecule has 6 nitrogen and oxygen atoms in total. The van der Waals surface area contributed by atoms with E-state index < -0.39 is 10.0 Å². The van der Waals surface area contributed by atoms with Crippen molar-refractivity contribution in [3.05, 3.63) is 41.2 Å². The summed E-state index contributed by atoms with van der Waals surface area (Å²) in [5.74, 6) is 0. The molecule has 0 fully saturated rings. The zero-order chi connectivity index (χ0) is 13.2. The zero-order valence-electron chi connectivity index (χ0n) is 9.13. The molecular weight excluding hydrogens is 278 g/mol. The number of aromatic nitrogens is 1. The molecule has 0 unspecified atom stereocenters. The molecule has 0 spiro atoms. The standard InChI is InChI=1S/C10H10ClN3O3S/c11-9-2-1-8(5-10(9)12)18(15,16)13-6-7-3-4-17-14-7/h1-5,13H,6,12H2. The Labute approximate surface area is 109 Å². The predicted molar refractivity (Wildman–Crippen MR) is 66.4 cm³/mol. The smallest absolute Gasteiger partial charge is 0.241 e. The van der Waals surface area contributed by atoms with Crippen LogP contribution in [0.3, 0.4) is 0 Å². The lowest BCUT2D eigenvalue weighted by molar-refractivity contribution is 0.411. The average molecular weight is 288 g/mol. The summed E-state index contributed by atoms with van der Waals surface area (Å²) in [4.78, 5) is 0.0490. The van der Waals surface area contributed by atoms with Crippen LogP contribution in [0.4, 0.5) is 5.69 Å². The van der Waals surface area contributed by atoms with Crippen molar-refractivity contribution in [3.63, 3.8) is 0 Å². The van der Waals surface area contributed by atoms with Gasteiger partial charge < -0.3 is 10.3 Å². The number of sulfonamides is 1. The van der Waals surface area contributed by atoms with Crippen molar-refractivity contribution in [2.24, 2.45) is 0 Å². The minimum Gasteiger partial charge on any atom is -0.397 e. The van der Waals surface area contributed by atoms with Gasteiger partial charge in [-0.2, -0.15) is 0 Å². The maximum absolute atomic E-state index is 11.9. The second kappa shape index (κ2) is 4.97. The van der Waals surface area contributed by atoms with Gasteiger partial charge in [0, 0.05) is 6.07 Å². The highest BCUT2D eigenvalue weighted by Gasteiger charge is 2.15. The molecule has 0 atom stereocenters. The van der Waals surface area contributed by atoms with Crippen molar-refractivity contribution < 1.29 is 12.9 Å². The lowest BCUT2D eigenvalue weighted by atomic mass is 10.3. The Kier molecular flexibility index (Phi) is 3.55. The SMILES string of the molecule is Nc1cc(S(=O)(=O)NCc2ccon2)ccc1Cl. The molecule has 1 heterocycles. The lowest BCUT2D eigenvalue weighted by Crippen LogP contribution is -2.23. The Morgan fingerprint density at radius 1 is 1.39 bits per heavy atom. The summed E-state index contributed by atoms with van der Waals surface area (Å²) >= 11 is 5.73. The molecule has 0 saturated carbocycles. The molecule has 0 amide bonds. The van der Waals surface area contributed by atoms with Gasteiger partial charge in [-0.25, -0.2) is 13.1 Å². The second-order valence-electron chi connectivity index (χ2n) is 3.50. The number of nitrogens with zero attached hydrogens (tertiary/aromatic N) is 1. The Balaban J connectivity index is 2.17. The fraction of sp³-hybridized carbons (Fsp3) is 0.100. The van der Waals surface area contributed by atoms with E-state index in [4.69, 9.17) is 17.3 Å². The van der Waals surface area contributed by atoms with Gasteiger partial charge in [-0.15, -0.1) is 0 Å². The average Bonchev–Trinajstić information content (AvgIpc) is 2.83. The van der Waals surface area contributed by atoms with E-state index in [9.17, 15) is 8.42 Å². The van der Waals surface area contributed by atoms with Crippen LogP contribution in [0.25, 0.3) is 0 Å². The van der Waals surface area contributed by atoms with Gasteiger partial charge in [-0.1, -0.05) is 16.8 Å². The summed E-state index contributed by atoms with van der Waals surface area (Å²) in [6.45, 7) is 0.0430. The van der Waals surface area contributed by atoms with Crippen molar-refractivity contribution >= 4 is 27.3 Å². The normalized spacial score (nSPS) is 11.6. The molecule has 1 aromatic carbocycles. The van der Waals surface area contributed by atoms with Crippen molar-refractivity contribution in [3.8, 4) is 0 Å². The largest absolute Gasteiger partial charge is 0.397 e. The maximum Gasteiger partial charge on any atom is 0.241 e. The Bertz CT molecular complexity index is 640. The molecule has 0 bridgehead atoms. The van der Waals surface area contributed by atoms with E-state index in [0.29, 0.717) is 10.7 Å². The van der Waals surface area contributed by atoms with Crippen LogP contribution in [0.2, 0.25) is 5.02 Å². The van der Waals surface area contributed by atoms with E-state index in [2.05, 4.69) is 14.4 Å². The minimum atomic E-state index is -3.65. The third kappa shape index (κ3) is 2.81. The van der Waals surface area contributed by atoms with Crippen molar-refractivity contribution in [2.45, 2.75) is 11.4 Å². The van der Waals surface area contributed by atoms with Crippen LogP contribution < -0.4 is 10.5 Å². The van der Waals surface area contributed by atoms with Crippen LogP contribution >= 0.6 is 11.6 Å². The van der Waals surface area contributed by atoms with Gasteiger partial charge >= 0.3 is 0 Å². The van der Waals surface area contributed by atoms with Gasteiger partial charge in [0.25, 0.3) is 0 Å². The number of nitrogens with one attached hydrogen (secondary N) is 1.